The summed E-state index contributed by atoms with van der Waals surface area (Å²) in [5.74, 6) is 0. The number of allylic oxidation sites excluding steroid dienone is 1. The molecule has 2 aromatic carbocycles. The maximum atomic E-state index is 12.1. The summed E-state index contributed by atoms with van der Waals surface area (Å²) in [5.41, 5.74) is 14.4. The highest BCUT2D eigenvalue weighted by molar-refractivity contribution is 6.43. The van der Waals surface area contributed by atoms with Gasteiger partial charge < -0.3 is 11.5 Å². The minimum absolute atomic E-state index is 0.151. The van der Waals surface area contributed by atoms with E-state index in [-0.39, 0.29) is 22.1 Å². The molecule has 7 nitrogen and oxygen atoms in total. The standard InChI is InChI=1S/C20H16Cl2N6O/c1-26-19(13-6-17(22)16(21)5-11(13)7-23)15(8-24)10-2-3-12-14(4-10)18(9-25)27-28-20(12)29/h2-6,8H,9,24-25H2,1H3,(H,28,29)/b15-8-,26-19?. The van der Waals surface area contributed by atoms with Crippen LogP contribution >= 0.6 is 23.2 Å². The fraction of sp³-hybridized carbons (Fsp3) is 0.100. The summed E-state index contributed by atoms with van der Waals surface area (Å²) in [5, 5.41) is 17.6. The molecule has 9 heteroatoms. The molecule has 146 valence electrons. The number of H-pyrrole nitrogens is 1. The first-order valence-electron chi connectivity index (χ1n) is 8.45. The molecule has 3 rings (SSSR count). The molecule has 0 radical (unpaired) electrons. The predicted octanol–water partition coefficient (Wildman–Crippen LogP) is 2.98. The third kappa shape index (κ3) is 3.74. The summed E-state index contributed by atoms with van der Waals surface area (Å²) >= 11 is 12.2. The molecule has 0 spiro atoms. The molecule has 0 bridgehead atoms. The first-order valence-corrected chi connectivity index (χ1v) is 9.21. The molecule has 0 unspecified atom stereocenters. The minimum atomic E-state index is -0.317. The fourth-order valence-corrected chi connectivity index (χ4v) is 3.40. The Morgan fingerprint density at radius 2 is 2.00 bits per heavy atom. The van der Waals surface area contributed by atoms with Crippen molar-refractivity contribution in [1.29, 1.82) is 5.26 Å². The lowest BCUT2D eigenvalue weighted by Gasteiger charge is -2.14. The maximum absolute atomic E-state index is 12.1. The Balaban J connectivity index is 2.24. The second kappa shape index (κ2) is 8.45. The van der Waals surface area contributed by atoms with E-state index >= 15 is 0 Å². The van der Waals surface area contributed by atoms with Crippen molar-refractivity contribution in [3.63, 3.8) is 0 Å². The van der Waals surface area contributed by atoms with Crippen molar-refractivity contribution >= 4 is 45.3 Å². The number of rotatable bonds is 4. The van der Waals surface area contributed by atoms with Gasteiger partial charge in [0.1, 0.15) is 0 Å². The molecule has 0 atom stereocenters. The minimum Gasteiger partial charge on any atom is -0.404 e. The van der Waals surface area contributed by atoms with E-state index in [1.54, 1.807) is 31.3 Å². The van der Waals surface area contributed by atoms with Crippen LogP contribution in [0.2, 0.25) is 10.0 Å². The number of nitriles is 1. The van der Waals surface area contributed by atoms with Crippen LogP contribution in [0.15, 0.2) is 46.3 Å². The number of aromatic nitrogens is 2. The number of nitrogens with one attached hydrogen (secondary N) is 1. The second-order valence-corrected chi connectivity index (χ2v) is 6.85. The Kier molecular flexibility index (Phi) is 5.99. The van der Waals surface area contributed by atoms with Crippen LogP contribution in [0.5, 0.6) is 0 Å². The lowest BCUT2D eigenvalue weighted by molar-refractivity contribution is 0.900. The number of nitrogens with two attached hydrogens (primary N) is 2. The number of benzene rings is 2. The monoisotopic (exact) mass is 426 g/mol. The van der Waals surface area contributed by atoms with Gasteiger partial charge in [-0.2, -0.15) is 10.4 Å². The Bertz CT molecular complexity index is 1270. The normalized spacial score (nSPS) is 12.2. The Hall–Kier alpha value is -3.18. The summed E-state index contributed by atoms with van der Waals surface area (Å²) < 4.78 is 0. The zero-order chi connectivity index (χ0) is 21.1. The smallest absolute Gasteiger partial charge is 0.272 e. The average Bonchev–Trinajstić information content (AvgIpc) is 2.73. The molecule has 0 saturated carbocycles. The van der Waals surface area contributed by atoms with Gasteiger partial charge >= 0.3 is 0 Å². The Morgan fingerprint density at radius 1 is 1.28 bits per heavy atom. The number of hydrogen-bond acceptors (Lipinski definition) is 6. The van der Waals surface area contributed by atoms with E-state index in [2.05, 4.69) is 21.3 Å². The van der Waals surface area contributed by atoms with E-state index in [0.29, 0.717) is 44.4 Å². The zero-order valence-electron chi connectivity index (χ0n) is 15.3. The number of hydrogen-bond donors (Lipinski definition) is 3. The lowest BCUT2D eigenvalue weighted by Crippen LogP contribution is -2.14. The Morgan fingerprint density at radius 3 is 2.62 bits per heavy atom. The van der Waals surface area contributed by atoms with Gasteiger partial charge in [0.2, 0.25) is 0 Å². The molecule has 0 fully saturated rings. The largest absolute Gasteiger partial charge is 0.404 e. The number of halogens is 2. The average molecular weight is 427 g/mol. The number of aliphatic imine (C=N–C) groups is 1. The van der Waals surface area contributed by atoms with Crippen molar-refractivity contribution in [3.05, 3.63) is 79.3 Å². The summed E-state index contributed by atoms with van der Waals surface area (Å²) in [7, 11) is 1.58. The number of nitrogens with zero attached hydrogens (tertiary/aromatic N) is 3. The highest BCUT2D eigenvalue weighted by Gasteiger charge is 2.18. The van der Waals surface area contributed by atoms with Crippen molar-refractivity contribution in [2.45, 2.75) is 6.54 Å². The van der Waals surface area contributed by atoms with Crippen LogP contribution in [-0.4, -0.2) is 23.0 Å². The summed E-state index contributed by atoms with van der Waals surface area (Å²) in [4.78, 5) is 16.4. The van der Waals surface area contributed by atoms with E-state index in [4.69, 9.17) is 34.7 Å². The van der Waals surface area contributed by atoms with Gasteiger partial charge in [0.15, 0.2) is 0 Å². The Labute approximate surface area is 176 Å². The van der Waals surface area contributed by atoms with Crippen LogP contribution in [0.1, 0.15) is 22.4 Å². The number of fused-ring (bicyclic) bond motifs is 1. The van der Waals surface area contributed by atoms with Gasteiger partial charge in [0.25, 0.3) is 5.56 Å². The zero-order valence-corrected chi connectivity index (χ0v) is 16.8. The molecule has 5 N–H and O–H groups in total. The van der Waals surface area contributed by atoms with Gasteiger partial charge in [-0.25, -0.2) is 5.10 Å². The van der Waals surface area contributed by atoms with Crippen molar-refractivity contribution < 1.29 is 0 Å². The first-order chi connectivity index (χ1) is 13.9. The molecular formula is C20H16Cl2N6O. The van der Waals surface area contributed by atoms with Gasteiger partial charge in [-0.1, -0.05) is 29.3 Å². The molecule has 0 amide bonds. The van der Waals surface area contributed by atoms with Gasteiger partial charge in [0, 0.05) is 36.3 Å². The van der Waals surface area contributed by atoms with Crippen molar-refractivity contribution in [1.82, 2.24) is 10.2 Å². The van der Waals surface area contributed by atoms with Crippen LogP contribution in [0, 0.1) is 11.3 Å². The molecule has 29 heavy (non-hydrogen) atoms. The van der Waals surface area contributed by atoms with Gasteiger partial charge in [-0.15, -0.1) is 0 Å². The summed E-state index contributed by atoms with van der Waals surface area (Å²) in [6.45, 7) is 0.151. The quantitative estimate of drug-likeness (QED) is 0.551. The molecule has 0 aliphatic rings. The molecule has 3 aromatic rings. The van der Waals surface area contributed by atoms with E-state index in [0.717, 1.165) is 0 Å². The van der Waals surface area contributed by atoms with Crippen LogP contribution in [0.3, 0.4) is 0 Å². The fourth-order valence-electron chi connectivity index (χ4n) is 3.08. The van der Waals surface area contributed by atoms with Gasteiger partial charge in [-0.3, -0.25) is 9.79 Å². The molecule has 0 saturated heterocycles. The first kappa shape index (κ1) is 20.6. The van der Waals surface area contributed by atoms with Crippen LogP contribution in [-0.2, 0) is 6.54 Å². The molecule has 0 aliphatic carbocycles. The van der Waals surface area contributed by atoms with E-state index < -0.39 is 0 Å². The van der Waals surface area contributed by atoms with E-state index in [1.807, 2.05) is 0 Å². The SMILES string of the molecule is CN=C(/C(=C\N)c1ccc2c(=O)[nH]nc(CN)c2c1)c1cc(Cl)c(Cl)cc1C#N. The molecule has 1 aromatic heterocycles. The van der Waals surface area contributed by atoms with Crippen molar-refractivity contribution in [2.24, 2.45) is 16.5 Å². The topological polar surface area (TPSA) is 134 Å². The predicted molar refractivity (Wildman–Crippen MR) is 116 cm³/mol. The molecular weight excluding hydrogens is 411 g/mol. The van der Waals surface area contributed by atoms with Crippen LogP contribution in [0.4, 0.5) is 0 Å². The third-order valence-electron chi connectivity index (χ3n) is 4.45. The maximum Gasteiger partial charge on any atom is 0.272 e. The van der Waals surface area contributed by atoms with E-state index in [1.165, 1.54) is 12.3 Å². The summed E-state index contributed by atoms with van der Waals surface area (Å²) in [6.07, 6.45) is 1.38. The molecule has 1 heterocycles. The molecule has 0 aliphatic heterocycles. The van der Waals surface area contributed by atoms with Gasteiger partial charge in [-0.05, 0) is 29.8 Å². The van der Waals surface area contributed by atoms with Gasteiger partial charge in [0.05, 0.1) is 38.5 Å². The highest BCUT2D eigenvalue weighted by Crippen LogP contribution is 2.30. The third-order valence-corrected chi connectivity index (χ3v) is 5.18. The summed E-state index contributed by atoms with van der Waals surface area (Å²) in [6, 6.07) is 10.3. The highest BCUT2D eigenvalue weighted by atomic mass is 35.5. The van der Waals surface area contributed by atoms with Crippen LogP contribution in [0.25, 0.3) is 16.3 Å². The van der Waals surface area contributed by atoms with Crippen molar-refractivity contribution in [3.8, 4) is 6.07 Å². The van der Waals surface area contributed by atoms with Crippen molar-refractivity contribution in [2.75, 3.05) is 7.05 Å². The number of aromatic amines is 1. The van der Waals surface area contributed by atoms with Crippen LogP contribution < -0.4 is 17.0 Å². The van der Waals surface area contributed by atoms with E-state index in [9.17, 15) is 10.1 Å². The second-order valence-electron chi connectivity index (χ2n) is 6.04. The lowest BCUT2D eigenvalue weighted by atomic mass is 9.92.